The van der Waals surface area contributed by atoms with Gasteiger partial charge in [-0.2, -0.15) is 0 Å². The number of ether oxygens (including phenoxy) is 2. The molecule has 1 aromatic heterocycles. The first-order valence-corrected chi connectivity index (χ1v) is 4.97. The van der Waals surface area contributed by atoms with Crippen LogP contribution in [0.25, 0.3) is 0 Å². The van der Waals surface area contributed by atoms with Crippen LogP contribution in [0.3, 0.4) is 0 Å². The van der Waals surface area contributed by atoms with E-state index in [4.69, 9.17) is 0 Å². The van der Waals surface area contributed by atoms with Crippen LogP contribution in [0.15, 0.2) is 6.07 Å². The molecule has 0 saturated carbocycles. The molecule has 0 amide bonds. The number of nitrogens with zero attached hydrogens (tertiary/aromatic N) is 2. The van der Waals surface area contributed by atoms with E-state index >= 15 is 0 Å². The highest BCUT2D eigenvalue weighted by atomic mass is 19.4. The standard InChI is InChI=1S/C9H7F3N2O6/c1-2-19-8(16)4-3-5(20-9(10,11)12)13-7(6(4)15)14(17)18/h3,15H,2H2,1H3. The van der Waals surface area contributed by atoms with Gasteiger partial charge in [0.1, 0.15) is 5.56 Å². The lowest BCUT2D eigenvalue weighted by Crippen LogP contribution is -2.19. The number of hydrogen-bond acceptors (Lipinski definition) is 7. The third-order valence-corrected chi connectivity index (χ3v) is 1.84. The first kappa shape index (κ1) is 15.5. The van der Waals surface area contributed by atoms with Crippen molar-refractivity contribution >= 4 is 11.8 Å². The molecule has 11 heteroatoms. The zero-order valence-corrected chi connectivity index (χ0v) is 9.80. The Morgan fingerprint density at radius 1 is 1.55 bits per heavy atom. The zero-order chi connectivity index (χ0) is 15.5. The summed E-state index contributed by atoms with van der Waals surface area (Å²) in [5, 5.41) is 20.0. The number of pyridine rings is 1. The second kappa shape index (κ2) is 5.59. The fourth-order valence-electron chi connectivity index (χ4n) is 1.16. The van der Waals surface area contributed by atoms with Crippen molar-refractivity contribution in [2.24, 2.45) is 0 Å². The molecule has 1 heterocycles. The van der Waals surface area contributed by atoms with Gasteiger partial charge in [0.15, 0.2) is 0 Å². The Bertz CT molecular complexity index is 545. The van der Waals surface area contributed by atoms with Gasteiger partial charge in [-0.3, -0.25) is 0 Å². The molecule has 0 unspecified atom stereocenters. The molecule has 110 valence electrons. The number of halogens is 3. The van der Waals surface area contributed by atoms with Gasteiger partial charge in [0, 0.05) is 11.1 Å². The van der Waals surface area contributed by atoms with E-state index in [2.05, 4.69) is 14.5 Å². The van der Waals surface area contributed by atoms with Gasteiger partial charge in [-0.1, -0.05) is 0 Å². The van der Waals surface area contributed by atoms with E-state index in [0.29, 0.717) is 6.07 Å². The van der Waals surface area contributed by atoms with Crippen molar-refractivity contribution in [2.45, 2.75) is 13.3 Å². The van der Waals surface area contributed by atoms with Crippen LogP contribution in [0.4, 0.5) is 19.0 Å². The van der Waals surface area contributed by atoms with E-state index < -0.39 is 40.3 Å². The minimum Gasteiger partial charge on any atom is -0.500 e. The average Bonchev–Trinajstić information content (AvgIpc) is 2.29. The number of alkyl halides is 3. The maximum atomic E-state index is 12.0. The lowest BCUT2D eigenvalue weighted by atomic mass is 10.2. The molecular formula is C9H7F3N2O6. The van der Waals surface area contributed by atoms with Crippen molar-refractivity contribution in [2.75, 3.05) is 6.61 Å². The fraction of sp³-hybridized carbons (Fsp3) is 0.333. The summed E-state index contributed by atoms with van der Waals surface area (Å²) in [6.07, 6.45) is -5.16. The third-order valence-electron chi connectivity index (χ3n) is 1.84. The molecule has 0 fully saturated rings. The molecular weight excluding hydrogens is 289 g/mol. The normalized spacial score (nSPS) is 11.0. The molecule has 0 aliphatic rings. The van der Waals surface area contributed by atoms with E-state index in [0.717, 1.165) is 0 Å². The van der Waals surface area contributed by atoms with E-state index in [9.17, 15) is 33.2 Å². The Labute approximate surface area is 108 Å². The van der Waals surface area contributed by atoms with Crippen LogP contribution < -0.4 is 4.74 Å². The van der Waals surface area contributed by atoms with Crippen LogP contribution in [-0.2, 0) is 4.74 Å². The highest BCUT2D eigenvalue weighted by Gasteiger charge is 2.36. The van der Waals surface area contributed by atoms with Crippen molar-refractivity contribution in [3.8, 4) is 11.6 Å². The van der Waals surface area contributed by atoms with E-state index in [1.165, 1.54) is 6.92 Å². The highest BCUT2D eigenvalue weighted by molar-refractivity contribution is 5.93. The highest BCUT2D eigenvalue weighted by Crippen LogP contribution is 2.33. The quantitative estimate of drug-likeness (QED) is 0.512. The first-order chi connectivity index (χ1) is 9.15. The van der Waals surface area contributed by atoms with Crippen LogP contribution in [-0.4, -0.2) is 34.0 Å². The smallest absolute Gasteiger partial charge is 0.500 e. The van der Waals surface area contributed by atoms with Gasteiger partial charge < -0.3 is 24.7 Å². The maximum Gasteiger partial charge on any atom is 0.575 e. The van der Waals surface area contributed by atoms with Gasteiger partial charge in [0.2, 0.25) is 5.75 Å². The molecule has 1 aromatic rings. The Kier molecular flexibility index (Phi) is 4.32. The summed E-state index contributed by atoms with van der Waals surface area (Å²) in [6, 6.07) is 0.397. The Morgan fingerprint density at radius 3 is 2.60 bits per heavy atom. The predicted molar refractivity (Wildman–Crippen MR) is 55.2 cm³/mol. The second-order valence-electron chi connectivity index (χ2n) is 3.21. The largest absolute Gasteiger partial charge is 0.575 e. The minimum atomic E-state index is -5.16. The summed E-state index contributed by atoms with van der Waals surface area (Å²) >= 11 is 0. The molecule has 0 bridgehead atoms. The van der Waals surface area contributed by atoms with E-state index in [1.54, 1.807) is 0 Å². The molecule has 0 aromatic carbocycles. The Balaban J connectivity index is 3.35. The number of esters is 1. The summed E-state index contributed by atoms with van der Waals surface area (Å²) < 4.78 is 44.0. The van der Waals surface area contributed by atoms with Crippen LogP contribution in [0, 0.1) is 10.1 Å². The minimum absolute atomic E-state index is 0.149. The molecule has 20 heavy (non-hydrogen) atoms. The van der Waals surface area contributed by atoms with Gasteiger partial charge in [0.25, 0.3) is 0 Å². The van der Waals surface area contributed by atoms with Crippen molar-refractivity contribution in [1.29, 1.82) is 0 Å². The van der Waals surface area contributed by atoms with Gasteiger partial charge in [0.05, 0.1) is 6.61 Å². The van der Waals surface area contributed by atoms with Gasteiger partial charge in [-0.15, -0.1) is 13.2 Å². The molecule has 0 spiro atoms. The average molecular weight is 296 g/mol. The maximum absolute atomic E-state index is 12.0. The van der Waals surface area contributed by atoms with Crippen LogP contribution >= 0.6 is 0 Å². The Morgan fingerprint density at radius 2 is 2.15 bits per heavy atom. The number of aromatic nitrogens is 1. The number of carbonyl (C=O) groups excluding carboxylic acids is 1. The summed E-state index contributed by atoms with van der Waals surface area (Å²) in [4.78, 5) is 23.6. The second-order valence-corrected chi connectivity index (χ2v) is 3.21. The molecule has 1 rings (SSSR count). The van der Waals surface area contributed by atoms with Crippen molar-refractivity contribution in [1.82, 2.24) is 4.98 Å². The zero-order valence-electron chi connectivity index (χ0n) is 9.80. The van der Waals surface area contributed by atoms with Crippen molar-refractivity contribution in [3.05, 3.63) is 21.7 Å². The number of nitro groups is 1. The molecule has 8 nitrogen and oxygen atoms in total. The van der Waals surface area contributed by atoms with E-state index in [1.807, 2.05) is 0 Å². The molecule has 0 saturated heterocycles. The monoisotopic (exact) mass is 296 g/mol. The summed E-state index contributed by atoms with van der Waals surface area (Å²) in [6.45, 7) is 1.25. The first-order valence-electron chi connectivity index (χ1n) is 4.97. The lowest BCUT2D eigenvalue weighted by Gasteiger charge is -2.08. The summed E-state index contributed by atoms with van der Waals surface area (Å²) in [5.74, 6) is -5.06. The van der Waals surface area contributed by atoms with Gasteiger partial charge >= 0.3 is 24.0 Å². The van der Waals surface area contributed by atoms with Gasteiger partial charge in [-0.25, -0.2) is 4.79 Å². The molecule has 0 aliphatic carbocycles. The summed E-state index contributed by atoms with van der Waals surface area (Å²) in [5.41, 5.74) is -0.854. The number of rotatable bonds is 4. The lowest BCUT2D eigenvalue weighted by molar-refractivity contribution is -0.391. The summed E-state index contributed by atoms with van der Waals surface area (Å²) in [7, 11) is 0. The van der Waals surface area contributed by atoms with Crippen LogP contribution in [0.5, 0.6) is 11.6 Å². The Hall–Kier alpha value is -2.59. The molecule has 0 radical (unpaired) electrons. The number of carbonyl (C=O) groups is 1. The SMILES string of the molecule is CCOC(=O)c1cc(OC(F)(F)F)nc([N+](=O)[O-])c1O. The van der Waals surface area contributed by atoms with Crippen molar-refractivity contribution in [3.63, 3.8) is 0 Å². The fourth-order valence-corrected chi connectivity index (χ4v) is 1.16. The molecule has 0 aliphatic heterocycles. The van der Waals surface area contributed by atoms with Crippen LogP contribution in [0.2, 0.25) is 0 Å². The predicted octanol–water partition coefficient (Wildman–Crippen LogP) is 1.77. The number of aromatic hydroxyl groups is 1. The van der Waals surface area contributed by atoms with Crippen LogP contribution in [0.1, 0.15) is 17.3 Å². The van der Waals surface area contributed by atoms with Crippen molar-refractivity contribution < 1.29 is 37.5 Å². The molecule has 1 N–H and O–H groups in total. The molecule has 0 atom stereocenters. The number of hydrogen-bond donors (Lipinski definition) is 1. The topological polar surface area (TPSA) is 112 Å². The van der Waals surface area contributed by atoms with E-state index in [-0.39, 0.29) is 6.61 Å². The van der Waals surface area contributed by atoms with Gasteiger partial charge in [-0.05, 0) is 11.8 Å². The third kappa shape index (κ3) is 3.70.